The van der Waals surface area contributed by atoms with Crippen LogP contribution in [0.2, 0.25) is 0 Å². The van der Waals surface area contributed by atoms with Gasteiger partial charge in [0.15, 0.2) is 0 Å². The zero-order valence-corrected chi connectivity index (χ0v) is 18.6. The third kappa shape index (κ3) is 6.03. The molecule has 0 fully saturated rings. The van der Waals surface area contributed by atoms with Crippen molar-refractivity contribution in [3.63, 3.8) is 0 Å². The van der Waals surface area contributed by atoms with E-state index in [1.807, 2.05) is 49.3 Å². The molecule has 1 heterocycles. The minimum absolute atomic E-state index is 0.105. The van der Waals surface area contributed by atoms with E-state index in [1.54, 1.807) is 25.1 Å². The van der Waals surface area contributed by atoms with Crippen LogP contribution in [0.4, 0.5) is 11.5 Å². The Balaban J connectivity index is 1.98. The minimum Gasteiger partial charge on any atom is -0.490 e. The van der Waals surface area contributed by atoms with Crippen LogP contribution in [0.15, 0.2) is 60.9 Å². The van der Waals surface area contributed by atoms with E-state index in [0.29, 0.717) is 34.8 Å². The van der Waals surface area contributed by atoms with Crippen LogP contribution in [-0.2, 0) is 4.79 Å². The Morgan fingerprint density at radius 1 is 1.22 bits per heavy atom. The second kappa shape index (κ2) is 11.2. The molecule has 0 saturated heterocycles. The molecule has 0 aliphatic rings. The van der Waals surface area contributed by atoms with E-state index in [4.69, 9.17) is 4.74 Å². The Morgan fingerprint density at radius 2 is 2.00 bits per heavy atom. The fourth-order valence-electron chi connectivity index (χ4n) is 3.16. The first-order valence-electron chi connectivity index (χ1n) is 10.4. The van der Waals surface area contributed by atoms with Crippen LogP contribution in [-0.4, -0.2) is 59.7 Å². The predicted octanol–water partition coefficient (Wildman–Crippen LogP) is 3.23. The molecule has 0 saturated carbocycles. The lowest BCUT2D eigenvalue weighted by Crippen LogP contribution is -2.20. The molecule has 8 nitrogen and oxygen atoms in total. The Labute approximate surface area is 187 Å². The van der Waals surface area contributed by atoms with Crippen LogP contribution >= 0.6 is 0 Å². The molecule has 0 bridgehead atoms. The van der Waals surface area contributed by atoms with Gasteiger partial charge >= 0.3 is 0 Å². The van der Waals surface area contributed by atoms with E-state index >= 15 is 0 Å². The van der Waals surface area contributed by atoms with E-state index in [2.05, 4.69) is 20.6 Å². The average Bonchev–Trinajstić information content (AvgIpc) is 2.78. The number of hydrogen-bond donors (Lipinski definition) is 3. The summed E-state index contributed by atoms with van der Waals surface area (Å²) in [5.74, 6) is 0.830. The Hall–Kier alpha value is -3.49. The van der Waals surface area contributed by atoms with Gasteiger partial charge in [0.1, 0.15) is 24.5 Å². The van der Waals surface area contributed by atoms with Crippen LogP contribution in [0.5, 0.6) is 5.75 Å². The van der Waals surface area contributed by atoms with Gasteiger partial charge in [-0.3, -0.25) is 4.79 Å². The molecule has 1 aromatic heterocycles. The number of anilines is 2. The van der Waals surface area contributed by atoms with E-state index in [1.165, 1.54) is 12.4 Å². The average molecular weight is 436 g/mol. The smallest absolute Gasteiger partial charge is 0.248 e. The first kappa shape index (κ1) is 23.2. The van der Waals surface area contributed by atoms with Gasteiger partial charge in [0, 0.05) is 18.0 Å². The third-order valence-corrected chi connectivity index (χ3v) is 4.80. The van der Waals surface area contributed by atoms with Gasteiger partial charge in [-0.25, -0.2) is 9.97 Å². The van der Waals surface area contributed by atoms with Crippen LogP contribution in [0.3, 0.4) is 0 Å². The van der Waals surface area contributed by atoms with Gasteiger partial charge in [-0.05, 0) is 38.7 Å². The molecule has 32 heavy (non-hydrogen) atoms. The number of fused-ring (bicyclic) bond motifs is 1. The molecule has 8 heteroatoms. The van der Waals surface area contributed by atoms with Gasteiger partial charge in [0.25, 0.3) is 0 Å². The highest BCUT2D eigenvalue weighted by atomic mass is 16.5. The summed E-state index contributed by atoms with van der Waals surface area (Å²) >= 11 is 0. The summed E-state index contributed by atoms with van der Waals surface area (Å²) in [5, 5.41) is 16.8. The largest absolute Gasteiger partial charge is 0.490 e. The number of rotatable bonds is 10. The number of aromatic nitrogens is 2. The number of aliphatic hydroxyl groups is 1. The molecule has 3 rings (SSSR count). The predicted molar refractivity (Wildman–Crippen MR) is 127 cm³/mol. The summed E-state index contributed by atoms with van der Waals surface area (Å²) in [6.45, 7) is 2.86. The summed E-state index contributed by atoms with van der Waals surface area (Å²) in [4.78, 5) is 23.0. The molecular formula is C24H29N5O3. The highest BCUT2D eigenvalue weighted by molar-refractivity contribution is 6.03. The van der Waals surface area contributed by atoms with Gasteiger partial charge in [-0.2, -0.15) is 0 Å². The van der Waals surface area contributed by atoms with Crippen molar-refractivity contribution in [2.45, 2.75) is 13.0 Å². The lowest BCUT2D eigenvalue weighted by atomic mass is 10.1. The van der Waals surface area contributed by atoms with Crippen molar-refractivity contribution in [1.29, 1.82) is 0 Å². The van der Waals surface area contributed by atoms with Gasteiger partial charge < -0.3 is 25.4 Å². The SMILES string of the molecule is CC=CC(=O)Nc1cc2c(NC(CO)c3ccccc3)ncnc2cc1OCCN(C)C. The molecule has 168 valence electrons. The van der Waals surface area contributed by atoms with Crippen molar-refractivity contribution in [3.8, 4) is 5.75 Å². The van der Waals surface area contributed by atoms with Crippen LogP contribution in [0.1, 0.15) is 18.5 Å². The molecule has 1 atom stereocenters. The number of amides is 1. The second-order valence-electron chi connectivity index (χ2n) is 7.52. The van der Waals surface area contributed by atoms with E-state index in [-0.39, 0.29) is 18.6 Å². The number of ether oxygens (including phenoxy) is 1. The van der Waals surface area contributed by atoms with Gasteiger partial charge in [0.2, 0.25) is 5.91 Å². The van der Waals surface area contributed by atoms with Crippen molar-refractivity contribution in [2.24, 2.45) is 0 Å². The molecule has 2 aromatic carbocycles. The summed E-state index contributed by atoms with van der Waals surface area (Å²) in [6.07, 6.45) is 4.59. The number of nitrogens with one attached hydrogen (secondary N) is 2. The van der Waals surface area contributed by atoms with Gasteiger partial charge in [-0.15, -0.1) is 0 Å². The molecule has 3 aromatic rings. The molecule has 0 spiro atoms. The molecule has 1 amide bonds. The highest BCUT2D eigenvalue weighted by Gasteiger charge is 2.16. The Bertz CT molecular complexity index is 1070. The maximum Gasteiger partial charge on any atom is 0.248 e. The first-order chi connectivity index (χ1) is 15.5. The van der Waals surface area contributed by atoms with Crippen molar-refractivity contribution >= 4 is 28.3 Å². The maximum atomic E-state index is 12.2. The quantitative estimate of drug-likeness (QED) is 0.421. The van der Waals surface area contributed by atoms with Crippen LogP contribution in [0, 0.1) is 0 Å². The normalized spacial score (nSPS) is 12.3. The lowest BCUT2D eigenvalue weighted by molar-refractivity contribution is -0.111. The number of hydrogen-bond acceptors (Lipinski definition) is 7. The number of benzene rings is 2. The zero-order chi connectivity index (χ0) is 22.9. The summed E-state index contributed by atoms with van der Waals surface area (Å²) in [5.41, 5.74) is 2.13. The highest BCUT2D eigenvalue weighted by Crippen LogP contribution is 2.33. The van der Waals surface area contributed by atoms with Crippen molar-refractivity contribution in [1.82, 2.24) is 14.9 Å². The van der Waals surface area contributed by atoms with E-state index in [9.17, 15) is 9.90 Å². The fourth-order valence-corrected chi connectivity index (χ4v) is 3.16. The van der Waals surface area contributed by atoms with E-state index < -0.39 is 0 Å². The molecule has 1 unspecified atom stereocenters. The van der Waals surface area contributed by atoms with Crippen molar-refractivity contribution in [2.75, 3.05) is 44.5 Å². The van der Waals surface area contributed by atoms with E-state index in [0.717, 1.165) is 12.1 Å². The first-order valence-corrected chi connectivity index (χ1v) is 10.4. The maximum absolute atomic E-state index is 12.2. The summed E-state index contributed by atoms with van der Waals surface area (Å²) in [6, 6.07) is 12.9. The minimum atomic E-state index is -0.341. The van der Waals surface area contributed by atoms with Crippen molar-refractivity contribution in [3.05, 3.63) is 66.5 Å². The standard InChI is InChI=1S/C24H29N5O3/c1-4-8-23(31)27-20-13-18-19(14-22(20)32-12-11-29(2)3)25-16-26-24(18)28-21(15-30)17-9-6-5-7-10-17/h4-10,13-14,16,21,30H,11-12,15H2,1-3H3,(H,27,31)(H,25,26,28). The number of carbonyl (C=O) groups is 1. The molecule has 0 aliphatic heterocycles. The molecule has 0 aliphatic carbocycles. The molecule has 3 N–H and O–H groups in total. The Kier molecular flexibility index (Phi) is 8.13. The number of likely N-dealkylation sites (N-methyl/N-ethyl adjacent to an activating group) is 1. The van der Waals surface area contributed by atoms with Gasteiger partial charge in [-0.1, -0.05) is 36.4 Å². The summed E-state index contributed by atoms with van der Waals surface area (Å²) in [7, 11) is 3.93. The lowest BCUT2D eigenvalue weighted by Gasteiger charge is -2.19. The monoisotopic (exact) mass is 435 g/mol. The molecular weight excluding hydrogens is 406 g/mol. The zero-order valence-electron chi connectivity index (χ0n) is 18.6. The number of carbonyl (C=O) groups excluding carboxylic acids is 1. The number of aliphatic hydroxyl groups excluding tert-OH is 1. The van der Waals surface area contributed by atoms with Crippen LogP contribution in [0.25, 0.3) is 10.9 Å². The van der Waals surface area contributed by atoms with Gasteiger partial charge in [0.05, 0.1) is 23.9 Å². The topological polar surface area (TPSA) is 99.6 Å². The molecule has 0 radical (unpaired) electrons. The van der Waals surface area contributed by atoms with Crippen LogP contribution < -0.4 is 15.4 Å². The third-order valence-electron chi connectivity index (χ3n) is 4.80. The number of allylic oxidation sites excluding steroid dienone is 1. The number of nitrogens with zero attached hydrogens (tertiary/aromatic N) is 3. The Morgan fingerprint density at radius 3 is 2.69 bits per heavy atom. The second-order valence-corrected chi connectivity index (χ2v) is 7.52. The van der Waals surface area contributed by atoms with Crippen molar-refractivity contribution < 1.29 is 14.6 Å². The fraction of sp³-hybridized carbons (Fsp3) is 0.292. The summed E-state index contributed by atoms with van der Waals surface area (Å²) < 4.78 is 5.95.